The Balaban J connectivity index is 2.25. The molecular formula is C4H7NO2. The topological polar surface area (TPSA) is 38.3 Å². The average Bonchev–Trinajstić information content (AvgIpc) is 1.69. The number of cyclic esters (lactones) is 1. The zero-order valence-corrected chi connectivity index (χ0v) is 3.94. The molecule has 0 saturated carbocycles. The molecule has 0 aromatic carbocycles. The Morgan fingerprint density at radius 2 is 2.57 bits per heavy atom. The van der Waals surface area contributed by atoms with Gasteiger partial charge in [-0.25, -0.2) is 0 Å². The minimum Gasteiger partial charge on any atom is -0.463 e. The van der Waals surface area contributed by atoms with E-state index in [4.69, 9.17) is 0 Å². The monoisotopic (exact) mass is 101 g/mol. The molecule has 1 rings (SSSR count). The summed E-state index contributed by atoms with van der Waals surface area (Å²) in [6, 6.07) is 0. The SMILES string of the molecule is O=C1CNCCO1. The molecular weight excluding hydrogens is 94.0 g/mol. The van der Waals surface area contributed by atoms with Gasteiger partial charge in [0.2, 0.25) is 0 Å². The van der Waals surface area contributed by atoms with Crippen LogP contribution in [0.3, 0.4) is 0 Å². The van der Waals surface area contributed by atoms with E-state index in [2.05, 4.69) is 10.1 Å². The van der Waals surface area contributed by atoms with Crippen molar-refractivity contribution < 1.29 is 9.53 Å². The summed E-state index contributed by atoms with van der Waals surface area (Å²) in [5.41, 5.74) is 0. The Labute approximate surface area is 41.7 Å². The van der Waals surface area contributed by atoms with Gasteiger partial charge in [0.25, 0.3) is 0 Å². The summed E-state index contributed by atoms with van der Waals surface area (Å²) >= 11 is 0. The first-order valence-electron chi connectivity index (χ1n) is 2.26. The van der Waals surface area contributed by atoms with Crippen LogP contribution in [0.4, 0.5) is 0 Å². The highest BCUT2D eigenvalue weighted by Gasteiger charge is 2.05. The number of esters is 1. The van der Waals surface area contributed by atoms with Crippen LogP contribution < -0.4 is 5.32 Å². The van der Waals surface area contributed by atoms with Crippen molar-refractivity contribution in [3.63, 3.8) is 0 Å². The molecule has 7 heavy (non-hydrogen) atoms. The molecule has 0 radical (unpaired) electrons. The third-order valence-corrected chi connectivity index (χ3v) is 0.811. The molecule has 1 aliphatic rings. The predicted octanol–water partition coefficient (Wildman–Crippen LogP) is -0.867. The van der Waals surface area contributed by atoms with Crippen molar-refractivity contribution in [3.8, 4) is 0 Å². The second-order valence-electron chi connectivity index (χ2n) is 1.40. The van der Waals surface area contributed by atoms with Crippen LogP contribution in [0.25, 0.3) is 0 Å². The third kappa shape index (κ3) is 1.16. The van der Waals surface area contributed by atoms with E-state index in [1.165, 1.54) is 0 Å². The molecule has 0 spiro atoms. The molecule has 1 heterocycles. The lowest BCUT2D eigenvalue weighted by molar-refractivity contribution is -0.144. The molecule has 0 unspecified atom stereocenters. The van der Waals surface area contributed by atoms with Crippen LogP contribution in [0.2, 0.25) is 0 Å². The number of rotatable bonds is 0. The molecule has 3 heteroatoms. The Morgan fingerprint density at radius 1 is 1.71 bits per heavy atom. The van der Waals surface area contributed by atoms with E-state index in [0.717, 1.165) is 6.54 Å². The summed E-state index contributed by atoms with van der Waals surface area (Å²) in [5.74, 6) is -0.147. The van der Waals surface area contributed by atoms with Gasteiger partial charge in [0.15, 0.2) is 0 Å². The van der Waals surface area contributed by atoms with Crippen molar-refractivity contribution in [1.82, 2.24) is 5.32 Å². The molecule has 1 N–H and O–H groups in total. The molecule has 1 saturated heterocycles. The smallest absolute Gasteiger partial charge is 0.319 e. The Kier molecular flexibility index (Phi) is 1.26. The second-order valence-corrected chi connectivity index (χ2v) is 1.40. The highest BCUT2D eigenvalue weighted by Crippen LogP contribution is 1.80. The predicted molar refractivity (Wildman–Crippen MR) is 23.8 cm³/mol. The maximum Gasteiger partial charge on any atom is 0.319 e. The fourth-order valence-corrected chi connectivity index (χ4v) is 0.479. The molecule has 0 aliphatic carbocycles. The Hall–Kier alpha value is -0.570. The van der Waals surface area contributed by atoms with Crippen molar-refractivity contribution in [2.75, 3.05) is 19.7 Å². The van der Waals surface area contributed by atoms with Crippen LogP contribution in [0.1, 0.15) is 0 Å². The van der Waals surface area contributed by atoms with Gasteiger partial charge in [0.05, 0.1) is 6.54 Å². The van der Waals surface area contributed by atoms with Crippen LogP contribution >= 0.6 is 0 Å². The molecule has 0 atom stereocenters. The van der Waals surface area contributed by atoms with Crippen molar-refractivity contribution >= 4 is 5.97 Å². The van der Waals surface area contributed by atoms with E-state index in [9.17, 15) is 4.79 Å². The lowest BCUT2D eigenvalue weighted by Gasteiger charge is -2.10. The van der Waals surface area contributed by atoms with Gasteiger partial charge in [0, 0.05) is 6.54 Å². The van der Waals surface area contributed by atoms with Crippen LogP contribution in [0.5, 0.6) is 0 Å². The molecule has 1 aliphatic heterocycles. The van der Waals surface area contributed by atoms with Crippen molar-refractivity contribution in [2.24, 2.45) is 0 Å². The highest BCUT2D eigenvalue weighted by molar-refractivity contribution is 5.72. The van der Waals surface area contributed by atoms with E-state index in [0.29, 0.717) is 13.2 Å². The van der Waals surface area contributed by atoms with E-state index >= 15 is 0 Å². The maximum absolute atomic E-state index is 10.2. The molecule has 3 nitrogen and oxygen atoms in total. The molecule has 1 fully saturated rings. The quantitative estimate of drug-likeness (QED) is 0.403. The van der Waals surface area contributed by atoms with E-state index in [1.807, 2.05) is 0 Å². The van der Waals surface area contributed by atoms with Gasteiger partial charge in [-0.3, -0.25) is 4.79 Å². The summed E-state index contributed by atoms with van der Waals surface area (Å²) < 4.78 is 4.58. The molecule has 0 bridgehead atoms. The zero-order chi connectivity index (χ0) is 5.11. The number of ether oxygens (including phenoxy) is 1. The van der Waals surface area contributed by atoms with Gasteiger partial charge >= 0.3 is 5.97 Å². The number of carbonyl (C=O) groups excluding carboxylic acids is 1. The van der Waals surface area contributed by atoms with Crippen molar-refractivity contribution in [1.29, 1.82) is 0 Å². The summed E-state index contributed by atoms with van der Waals surface area (Å²) in [4.78, 5) is 10.2. The van der Waals surface area contributed by atoms with Crippen LogP contribution in [-0.4, -0.2) is 25.7 Å². The van der Waals surface area contributed by atoms with Gasteiger partial charge in [-0.05, 0) is 0 Å². The standard InChI is InChI=1S/C4H7NO2/c6-4-3-5-1-2-7-4/h5H,1-3H2. The summed E-state index contributed by atoms with van der Waals surface area (Å²) in [7, 11) is 0. The third-order valence-electron chi connectivity index (χ3n) is 0.811. The fourth-order valence-electron chi connectivity index (χ4n) is 0.479. The van der Waals surface area contributed by atoms with E-state index in [-0.39, 0.29) is 5.97 Å². The molecule has 0 amide bonds. The maximum atomic E-state index is 10.2. The second kappa shape index (κ2) is 1.93. The van der Waals surface area contributed by atoms with Crippen LogP contribution in [0, 0.1) is 0 Å². The minimum absolute atomic E-state index is 0.147. The first-order valence-corrected chi connectivity index (χ1v) is 2.26. The molecule has 40 valence electrons. The summed E-state index contributed by atoms with van der Waals surface area (Å²) in [5, 5.41) is 2.86. The first kappa shape index (κ1) is 4.59. The Morgan fingerprint density at radius 3 is 2.86 bits per heavy atom. The van der Waals surface area contributed by atoms with Crippen LogP contribution in [-0.2, 0) is 9.53 Å². The first-order chi connectivity index (χ1) is 3.39. The lowest BCUT2D eigenvalue weighted by Crippen LogP contribution is -2.34. The highest BCUT2D eigenvalue weighted by atomic mass is 16.5. The van der Waals surface area contributed by atoms with Gasteiger partial charge in [-0.15, -0.1) is 0 Å². The van der Waals surface area contributed by atoms with E-state index in [1.54, 1.807) is 0 Å². The zero-order valence-electron chi connectivity index (χ0n) is 3.94. The lowest BCUT2D eigenvalue weighted by atomic mass is 10.5. The van der Waals surface area contributed by atoms with Gasteiger partial charge in [-0.1, -0.05) is 0 Å². The number of morpholine rings is 1. The van der Waals surface area contributed by atoms with Gasteiger partial charge < -0.3 is 10.1 Å². The molecule has 0 aromatic heterocycles. The summed E-state index contributed by atoms with van der Waals surface area (Å²) in [6.45, 7) is 1.70. The average molecular weight is 101 g/mol. The fraction of sp³-hybridized carbons (Fsp3) is 0.750. The number of carbonyl (C=O) groups is 1. The number of hydrogen-bond donors (Lipinski definition) is 1. The number of nitrogens with one attached hydrogen (secondary N) is 1. The van der Waals surface area contributed by atoms with Gasteiger partial charge in [0.1, 0.15) is 6.61 Å². The van der Waals surface area contributed by atoms with Crippen molar-refractivity contribution in [3.05, 3.63) is 0 Å². The normalized spacial score (nSPS) is 21.4. The largest absolute Gasteiger partial charge is 0.463 e. The van der Waals surface area contributed by atoms with Crippen LogP contribution in [0.15, 0.2) is 0 Å². The van der Waals surface area contributed by atoms with Gasteiger partial charge in [-0.2, -0.15) is 0 Å². The molecule has 0 aromatic rings. The van der Waals surface area contributed by atoms with E-state index < -0.39 is 0 Å². The minimum atomic E-state index is -0.147. The van der Waals surface area contributed by atoms with Crippen molar-refractivity contribution in [2.45, 2.75) is 0 Å². The Bertz CT molecular complexity index is 73.8. The number of hydrogen-bond acceptors (Lipinski definition) is 3. The summed E-state index contributed by atoms with van der Waals surface area (Å²) in [6.07, 6.45) is 0.